The Labute approximate surface area is 76.1 Å². The van der Waals surface area contributed by atoms with Gasteiger partial charge >= 0.3 is 0 Å². The third-order valence-electron chi connectivity index (χ3n) is 1.60. The van der Waals surface area contributed by atoms with E-state index in [2.05, 4.69) is 10.0 Å². The molecule has 0 aliphatic carbocycles. The summed E-state index contributed by atoms with van der Waals surface area (Å²) in [6.07, 6.45) is 1.25. The number of hydrogen-bond acceptors (Lipinski definition) is 5. The molecule has 13 heavy (non-hydrogen) atoms. The molecule has 1 atom stereocenters. The summed E-state index contributed by atoms with van der Waals surface area (Å²) in [7, 11) is -1.57. The van der Waals surface area contributed by atoms with Gasteiger partial charge < -0.3 is 4.84 Å². The number of hydroxylamine groups is 2. The van der Waals surface area contributed by atoms with Crippen molar-refractivity contribution >= 4 is 10.7 Å². The number of nitrogens with zero attached hydrogens (tertiary/aromatic N) is 4. The van der Waals surface area contributed by atoms with E-state index in [9.17, 15) is 8.42 Å². The molecule has 1 rings (SSSR count). The Morgan fingerprint density at radius 3 is 2.69 bits per heavy atom. The average molecular weight is 204 g/mol. The molecule has 0 aromatic rings. The Bertz CT molecular complexity index is 362. The van der Waals surface area contributed by atoms with Crippen LogP contribution < -0.4 is 0 Å². The molecule has 0 fully saturated rings. The van der Waals surface area contributed by atoms with E-state index < -0.39 is 15.7 Å². The van der Waals surface area contributed by atoms with Gasteiger partial charge in [-0.3, -0.25) is 0 Å². The molecule has 0 amide bonds. The average Bonchev–Trinajstić information content (AvgIpc) is 2.28. The number of likely N-dealkylation sites (N-methyl/N-ethyl adjacent to an activating group) is 1. The second-order valence-corrected chi connectivity index (χ2v) is 3.65. The van der Waals surface area contributed by atoms with Crippen LogP contribution in [-0.2, 0) is 15.5 Å². The second kappa shape index (κ2) is 3.25. The van der Waals surface area contributed by atoms with E-state index in [4.69, 9.17) is 10.4 Å². The third-order valence-corrected chi connectivity index (χ3v) is 2.64. The van der Waals surface area contributed by atoms with Gasteiger partial charge in [0, 0.05) is 18.0 Å². The predicted octanol–water partition coefficient (Wildman–Crippen LogP) is 0.343. The second-order valence-electron chi connectivity index (χ2n) is 2.48. The molecule has 8 heteroatoms. The molecule has 0 saturated heterocycles. The monoisotopic (exact) mass is 204 g/mol. The Morgan fingerprint density at radius 2 is 2.38 bits per heavy atom. The highest BCUT2D eigenvalue weighted by Gasteiger charge is 2.42. The van der Waals surface area contributed by atoms with Gasteiger partial charge in [-0.05, 0) is 17.6 Å². The van der Waals surface area contributed by atoms with Gasteiger partial charge in [0.1, 0.15) is 5.76 Å². The minimum atomic E-state index is -2.95. The molecule has 1 aliphatic rings. The molecule has 1 heterocycles. The van der Waals surface area contributed by atoms with E-state index in [-0.39, 0.29) is 0 Å². The van der Waals surface area contributed by atoms with Crippen LogP contribution in [0.15, 0.2) is 16.9 Å². The van der Waals surface area contributed by atoms with Crippen molar-refractivity contribution in [3.8, 4) is 0 Å². The maximum absolute atomic E-state index is 10.9. The minimum Gasteiger partial charge on any atom is -0.409 e. The zero-order valence-corrected chi connectivity index (χ0v) is 7.93. The van der Waals surface area contributed by atoms with Crippen LogP contribution in [0.25, 0.3) is 10.4 Å². The summed E-state index contributed by atoms with van der Waals surface area (Å²) < 4.78 is 21.8. The number of azide groups is 1. The summed E-state index contributed by atoms with van der Waals surface area (Å²) in [4.78, 5) is 5.69. The molecule has 0 aromatic heterocycles. The Balaban J connectivity index is 3.26. The van der Waals surface area contributed by atoms with Gasteiger partial charge in [-0.25, -0.2) is 8.42 Å². The maximum Gasteiger partial charge on any atom is 0.254 e. The summed E-state index contributed by atoms with van der Waals surface area (Å²) in [5, 5.41) is 4.19. The lowest BCUT2D eigenvalue weighted by molar-refractivity contribution is -0.103. The fourth-order valence-electron chi connectivity index (χ4n) is 1.03. The Kier molecular flexibility index (Phi) is 2.46. The van der Waals surface area contributed by atoms with Crippen LogP contribution in [0.2, 0.25) is 0 Å². The van der Waals surface area contributed by atoms with E-state index in [1.54, 1.807) is 6.92 Å². The SMILES string of the molecule is CC1=CC(N=[N+]=[N-])([SH](=O)=O)N(C)O1. The lowest BCUT2D eigenvalue weighted by Crippen LogP contribution is -2.39. The van der Waals surface area contributed by atoms with Gasteiger partial charge in [0.05, 0.1) is 0 Å². The Morgan fingerprint density at radius 1 is 1.77 bits per heavy atom. The van der Waals surface area contributed by atoms with Crippen LogP contribution in [0.3, 0.4) is 0 Å². The molecule has 7 nitrogen and oxygen atoms in total. The summed E-state index contributed by atoms with van der Waals surface area (Å²) in [6, 6.07) is 0. The highest BCUT2D eigenvalue weighted by atomic mass is 32.2. The van der Waals surface area contributed by atoms with Crippen molar-refractivity contribution in [1.82, 2.24) is 5.06 Å². The van der Waals surface area contributed by atoms with Crippen molar-refractivity contribution in [2.24, 2.45) is 5.11 Å². The molecule has 1 aliphatic heterocycles. The summed E-state index contributed by atoms with van der Waals surface area (Å²) in [5.41, 5.74) is 8.22. The maximum atomic E-state index is 10.9. The van der Waals surface area contributed by atoms with E-state index in [0.29, 0.717) is 5.76 Å². The van der Waals surface area contributed by atoms with Gasteiger partial charge in [-0.2, -0.15) is 0 Å². The molecule has 1 unspecified atom stereocenters. The van der Waals surface area contributed by atoms with Gasteiger partial charge in [-0.15, -0.1) is 5.06 Å². The first-order chi connectivity index (χ1) is 6.03. The lowest BCUT2D eigenvalue weighted by Gasteiger charge is -2.21. The van der Waals surface area contributed by atoms with Crippen LogP contribution in [0.4, 0.5) is 0 Å². The van der Waals surface area contributed by atoms with E-state index in [0.717, 1.165) is 5.06 Å². The van der Waals surface area contributed by atoms with Crippen LogP contribution in [0.1, 0.15) is 6.92 Å². The van der Waals surface area contributed by atoms with Crippen LogP contribution in [-0.4, -0.2) is 25.5 Å². The number of allylic oxidation sites excluding steroid dienone is 1. The molecule has 0 saturated carbocycles. The van der Waals surface area contributed by atoms with E-state index >= 15 is 0 Å². The van der Waals surface area contributed by atoms with Gasteiger partial charge in [0.2, 0.25) is 0 Å². The first-order valence-corrected chi connectivity index (χ1v) is 4.52. The fourth-order valence-corrected chi connectivity index (χ4v) is 1.71. The van der Waals surface area contributed by atoms with Crippen molar-refractivity contribution in [3.05, 3.63) is 22.3 Å². The van der Waals surface area contributed by atoms with E-state index in [1.807, 2.05) is 0 Å². The molecular weight excluding hydrogens is 196 g/mol. The van der Waals surface area contributed by atoms with Crippen LogP contribution in [0.5, 0.6) is 0 Å². The number of thiol groups is 1. The summed E-state index contributed by atoms with van der Waals surface area (Å²) in [6.45, 7) is 1.57. The molecule has 0 spiro atoms. The number of rotatable bonds is 2. The topological polar surface area (TPSA) is 95.4 Å². The quantitative estimate of drug-likeness (QED) is 0.303. The van der Waals surface area contributed by atoms with Crippen LogP contribution in [0, 0.1) is 0 Å². The first kappa shape index (κ1) is 9.85. The van der Waals surface area contributed by atoms with E-state index in [1.165, 1.54) is 13.1 Å². The van der Waals surface area contributed by atoms with Gasteiger partial charge in [0.25, 0.3) is 4.99 Å². The standard InChI is InChI=1S/C5H8N4O3S/c1-4-3-5(7-8-6,13(10)11)9(2)12-4/h3,13H,1-2H3. The molecule has 72 valence electrons. The van der Waals surface area contributed by atoms with Crippen molar-refractivity contribution < 1.29 is 13.3 Å². The smallest absolute Gasteiger partial charge is 0.254 e. The van der Waals surface area contributed by atoms with Gasteiger partial charge in [-0.1, -0.05) is 0 Å². The first-order valence-electron chi connectivity index (χ1n) is 3.35. The molecule has 0 aromatic carbocycles. The highest BCUT2D eigenvalue weighted by molar-refractivity contribution is 7.74. The fraction of sp³-hybridized carbons (Fsp3) is 0.600. The normalized spacial score (nSPS) is 28.1. The predicted molar refractivity (Wildman–Crippen MR) is 44.8 cm³/mol. The van der Waals surface area contributed by atoms with Crippen molar-refractivity contribution in [1.29, 1.82) is 0 Å². The van der Waals surface area contributed by atoms with Crippen molar-refractivity contribution in [2.45, 2.75) is 11.9 Å². The summed E-state index contributed by atoms with van der Waals surface area (Å²) >= 11 is 0. The van der Waals surface area contributed by atoms with Crippen molar-refractivity contribution in [3.63, 3.8) is 0 Å². The minimum absolute atomic E-state index is 0.383. The zero-order chi connectivity index (χ0) is 10.1. The van der Waals surface area contributed by atoms with Crippen LogP contribution >= 0.6 is 0 Å². The molecule has 0 N–H and O–H groups in total. The van der Waals surface area contributed by atoms with Gasteiger partial charge in [0.15, 0.2) is 10.7 Å². The highest BCUT2D eigenvalue weighted by Crippen LogP contribution is 2.29. The summed E-state index contributed by atoms with van der Waals surface area (Å²) in [5.74, 6) is 0.383. The third kappa shape index (κ3) is 1.46. The molecule has 0 bridgehead atoms. The number of hydrogen-bond donors (Lipinski definition) is 1. The zero-order valence-electron chi connectivity index (χ0n) is 7.04. The lowest BCUT2D eigenvalue weighted by atomic mass is 10.4. The van der Waals surface area contributed by atoms with Crippen molar-refractivity contribution in [2.75, 3.05) is 7.05 Å². The Hall–Kier alpha value is -1.24. The molecule has 0 radical (unpaired) electrons. The molecular formula is C5H8N4O3S. The largest absolute Gasteiger partial charge is 0.409 e.